The van der Waals surface area contributed by atoms with Crippen LogP contribution in [0.1, 0.15) is 37.4 Å². The third kappa shape index (κ3) is 5.94. The largest absolute Gasteiger partial charge is 0.507 e. The molecule has 0 unspecified atom stereocenters. The van der Waals surface area contributed by atoms with Crippen LogP contribution in [-0.2, 0) is 14.3 Å². The Balaban J connectivity index is 1.72. The number of rotatable bonds is 10. The number of aliphatic hydroxyl groups excluding tert-OH is 1. The molecule has 37 heavy (non-hydrogen) atoms. The summed E-state index contributed by atoms with van der Waals surface area (Å²) in [4.78, 5) is 30.3. The van der Waals surface area contributed by atoms with Crippen LogP contribution in [0.2, 0.25) is 0 Å². The van der Waals surface area contributed by atoms with Gasteiger partial charge in [0.1, 0.15) is 11.6 Å². The molecule has 0 saturated carbocycles. The van der Waals surface area contributed by atoms with Crippen LogP contribution in [-0.4, -0.2) is 79.2 Å². The van der Waals surface area contributed by atoms with Crippen molar-refractivity contribution in [2.24, 2.45) is 0 Å². The Morgan fingerprint density at radius 3 is 2.35 bits per heavy atom. The fraction of sp³-hybridized carbons (Fsp3) is 0.429. The zero-order chi connectivity index (χ0) is 26.4. The number of amides is 1. The van der Waals surface area contributed by atoms with Crippen molar-refractivity contribution in [2.75, 3.05) is 52.6 Å². The minimum atomic E-state index is -0.829. The number of hydrogen-bond acceptors (Lipinski definition) is 7. The van der Waals surface area contributed by atoms with Crippen molar-refractivity contribution in [3.63, 3.8) is 0 Å². The minimum Gasteiger partial charge on any atom is -0.507 e. The number of hydrogen-bond donors (Lipinski definition) is 1. The van der Waals surface area contributed by atoms with Gasteiger partial charge < -0.3 is 24.2 Å². The molecule has 8 nitrogen and oxygen atoms in total. The molecule has 9 heteroatoms. The molecule has 2 aromatic carbocycles. The first-order chi connectivity index (χ1) is 17.9. The topological polar surface area (TPSA) is 88.5 Å². The number of carbonyl (C=O) groups is 2. The number of benzene rings is 2. The molecule has 0 bridgehead atoms. The molecular weight excluding hydrogens is 479 g/mol. The number of halogens is 1. The molecule has 2 fully saturated rings. The molecule has 198 valence electrons. The Bertz CT molecular complexity index is 1140. The van der Waals surface area contributed by atoms with E-state index >= 15 is 0 Å². The maximum Gasteiger partial charge on any atom is 0.295 e. The Hall–Kier alpha value is -3.43. The first-order valence-electron chi connectivity index (χ1n) is 12.7. The van der Waals surface area contributed by atoms with Crippen LogP contribution in [0.5, 0.6) is 11.5 Å². The number of likely N-dealkylation sites (tertiary alicyclic amines) is 1. The van der Waals surface area contributed by atoms with Gasteiger partial charge in [-0.3, -0.25) is 14.5 Å². The van der Waals surface area contributed by atoms with E-state index in [2.05, 4.69) is 4.90 Å². The normalized spacial score (nSPS) is 19.9. The number of ketones is 1. The summed E-state index contributed by atoms with van der Waals surface area (Å²) in [6.07, 6.45) is 0.648. The molecule has 2 aromatic rings. The number of Topliss-reactive ketones (excluding diaryl/α,β-unsaturated/α-hetero) is 1. The van der Waals surface area contributed by atoms with Crippen LogP contribution in [0, 0.1) is 5.82 Å². The number of morpholine rings is 1. The highest BCUT2D eigenvalue weighted by Gasteiger charge is 2.46. The number of carbonyl (C=O) groups excluding carboxylic acids is 2. The first-order valence-corrected chi connectivity index (χ1v) is 12.7. The van der Waals surface area contributed by atoms with E-state index in [4.69, 9.17) is 14.2 Å². The first kappa shape index (κ1) is 26.6. The molecule has 2 aliphatic heterocycles. The van der Waals surface area contributed by atoms with Crippen molar-refractivity contribution in [2.45, 2.75) is 26.3 Å². The zero-order valence-electron chi connectivity index (χ0n) is 21.2. The third-order valence-corrected chi connectivity index (χ3v) is 6.52. The molecule has 0 aromatic heterocycles. The van der Waals surface area contributed by atoms with Crippen LogP contribution >= 0.6 is 0 Å². The Morgan fingerprint density at radius 1 is 1.00 bits per heavy atom. The lowest BCUT2D eigenvalue weighted by atomic mass is 9.95. The number of nitrogens with zero attached hydrogens (tertiary/aromatic N) is 2. The molecule has 0 aliphatic carbocycles. The summed E-state index contributed by atoms with van der Waals surface area (Å²) in [7, 11) is 0. The van der Waals surface area contributed by atoms with Gasteiger partial charge in [0, 0.05) is 31.7 Å². The van der Waals surface area contributed by atoms with Crippen molar-refractivity contribution >= 4 is 17.4 Å². The summed E-state index contributed by atoms with van der Waals surface area (Å²) >= 11 is 0. The van der Waals surface area contributed by atoms with Crippen molar-refractivity contribution < 1.29 is 33.3 Å². The summed E-state index contributed by atoms with van der Waals surface area (Å²) in [5.74, 6) is -1.22. The van der Waals surface area contributed by atoms with E-state index in [1.165, 1.54) is 29.2 Å². The molecule has 1 atom stereocenters. The predicted molar refractivity (Wildman–Crippen MR) is 136 cm³/mol. The Kier molecular flexibility index (Phi) is 8.78. The summed E-state index contributed by atoms with van der Waals surface area (Å²) in [5, 5.41) is 11.2. The second kappa shape index (κ2) is 12.2. The Labute approximate surface area is 216 Å². The summed E-state index contributed by atoms with van der Waals surface area (Å²) in [5.41, 5.74) is 0.837. The zero-order valence-corrected chi connectivity index (χ0v) is 21.2. The van der Waals surface area contributed by atoms with Gasteiger partial charge in [0.25, 0.3) is 11.7 Å². The van der Waals surface area contributed by atoms with Gasteiger partial charge in [-0.25, -0.2) is 4.39 Å². The van der Waals surface area contributed by atoms with Crippen molar-refractivity contribution in [3.05, 3.63) is 65.0 Å². The second-order valence-electron chi connectivity index (χ2n) is 8.88. The minimum absolute atomic E-state index is 0.0328. The van der Waals surface area contributed by atoms with Gasteiger partial charge >= 0.3 is 0 Å². The standard InChI is InChI=1S/C28H33FN2O6/c1-3-36-22-11-8-20(18-23(22)37-4-2)25-24(26(32)19-6-9-21(29)10-7-19)27(33)28(34)31(25)13-5-12-30-14-16-35-17-15-30/h6-11,18,25,32H,3-5,12-17H2,1-2H3/b26-24+/t25-/m1/s1. The van der Waals surface area contributed by atoms with Crippen molar-refractivity contribution in [1.82, 2.24) is 9.80 Å². The molecule has 2 aliphatic rings. The lowest BCUT2D eigenvalue weighted by molar-refractivity contribution is -0.140. The quantitative estimate of drug-likeness (QED) is 0.295. The smallest absolute Gasteiger partial charge is 0.295 e. The van der Waals surface area contributed by atoms with E-state index in [0.717, 1.165) is 19.6 Å². The summed E-state index contributed by atoms with van der Waals surface area (Å²) in [6, 6.07) is 9.61. The van der Waals surface area contributed by atoms with Crippen LogP contribution < -0.4 is 9.47 Å². The predicted octanol–water partition coefficient (Wildman–Crippen LogP) is 3.77. The van der Waals surface area contributed by atoms with Gasteiger partial charge in [-0.1, -0.05) is 6.07 Å². The lowest BCUT2D eigenvalue weighted by Crippen LogP contribution is -2.39. The molecule has 2 heterocycles. The van der Waals surface area contributed by atoms with Crippen LogP contribution in [0.3, 0.4) is 0 Å². The molecular formula is C28H33FN2O6. The van der Waals surface area contributed by atoms with E-state index in [-0.39, 0.29) is 16.9 Å². The lowest BCUT2D eigenvalue weighted by Gasteiger charge is -2.29. The highest BCUT2D eigenvalue weighted by molar-refractivity contribution is 6.46. The van der Waals surface area contributed by atoms with Gasteiger partial charge in [0.2, 0.25) is 0 Å². The third-order valence-electron chi connectivity index (χ3n) is 6.52. The highest BCUT2D eigenvalue weighted by Crippen LogP contribution is 2.42. The van der Waals surface area contributed by atoms with E-state index in [1.807, 2.05) is 13.8 Å². The molecule has 0 radical (unpaired) electrons. The summed E-state index contributed by atoms with van der Waals surface area (Å²) in [6.45, 7) is 8.65. The Morgan fingerprint density at radius 2 is 1.68 bits per heavy atom. The monoisotopic (exact) mass is 512 g/mol. The van der Waals surface area contributed by atoms with E-state index in [0.29, 0.717) is 56.5 Å². The fourth-order valence-corrected chi connectivity index (χ4v) is 4.75. The van der Waals surface area contributed by atoms with E-state index < -0.39 is 23.5 Å². The van der Waals surface area contributed by atoms with Gasteiger partial charge in [0.15, 0.2) is 11.5 Å². The average Bonchev–Trinajstić information content (AvgIpc) is 3.16. The maximum absolute atomic E-state index is 13.5. The van der Waals surface area contributed by atoms with Gasteiger partial charge in [-0.15, -0.1) is 0 Å². The van der Waals surface area contributed by atoms with Crippen LogP contribution in [0.15, 0.2) is 48.0 Å². The maximum atomic E-state index is 13.5. The fourth-order valence-electron chi connectivity index (χ4n) is 4.75. The van der Waals surface area contributed by atoms with Gasteiger partial charge in [-0.2, -0.15) is 0 Å². The van der Waals surface area contributed by atoms with E-state index in [1.54, 1.807) is 18.2 Å². The highest BCUT2D eigenvalue weighted by atomic mass is 19.1. The van der Waals surface area contributed by atoms with E-state index in [9.17, 15) is 19.1 Å². The summed E-state index contributed by atoms with van der Waals surface area (Å²) < 4.78 is 30.4. The molecule has 1 N–H and O–H groups in total. The van der Waals surface area contributed by atoms with Crippen LogP contribution in [0.25, 0.3) is 5.76 Å². The molecule has 2 saturated heterocycles. The number of ether oxygens (including phenoxy) is 3. The second-order valence-corrected chi connectivity index (χ2v) is 8.88. The SMILES string of the molecule is CCOc1ccc([C@@H]2/C(=C(\O)c3ccc(F)cc3)C(=O)C(=O)N2CCCN2CCOCC2)cc1OCC. The van der Waals surface area contributed by atoms with Gasteiger partial charge in [0.05, 0.1) is 38.0 Å². The number of aliphatic hydroxyl groups is 1. The van der Waals surface area contributed by atoms with Gasteiger partial charge in [-0.05, 0) is 62.2 Å². The van der Waals surface area contributed by atoms with Crippen molar-refractivity contribution in [3.8, 4) is 11.5 Å². The molecule has 4 rings (SSSR count). The molecule has 1 amide bonds. The van der Waals surface area contributed by atoms with Crippen LogP contribution in [0.4, 0.5) is 4.39 Å². The van der Waals surface area contributed by atoms with Crippen molar-refractivity contribution in [1.29, 1.82) is 0 Å². The average molecular weight is 513 g/mol. The molecule has 0 spiro atoms.